The molecule has 1 aliphatic rings. The van der Waals surface area contributed by atoms with Crippen molar-refractivity contribution in [1.82, 2.24) is 15.1 Å². The first-order valence-corrected chi connectivity index (χ1v) is 10.9. The molecule has 3 aromatic rings. The molecule has 1 aromatic heterocycles. The maximum atomic E-state index is 13.3. The highest BCUT2D eigenvalue weighted by Crippen LogP contribution is 2.43. The van der Waals surface area contributed by atoms with Crippen molar-refractivity contribution < 1.29 is 19.0 Å². The van der Waals surface area contributed by atoms with Gasteiger partial charge in [0.25, 0.3) is 5.91 Å². The largest absolute Gasteiger partial charge is 0.497 e. The lowest BCUT2D eigenvalue weighted by Crippen LogP contribution is -2.32. The number of fused-ring (bicyclic) bond motifs is 1. The standard InChI is InChI=1S/C25H29N3O4/c1-4-5-14-32-20-8-6-7-18(16-20)24-21-22(17-9-11-19(31-3)12-10-17)26-27-23(21)25(29)28(24)13-15-30-2/h6-12,16,24H,4-5,13-15H2,1-3H3,(H,26,27). The van der Waals surface area contributed by atoms with Crippen LogP contribution in [0.15, 0.2) is 48.5 Å². The first kappa shape index (κ1) is 21.9. The molecule has 1 amide bonds. The molecule has 0 aliphatic carbocycles. The lowest BCUT2D eigenvalue weighted by atomic mass is 9.96. The Hall–Kier alpha value is -3.32. The Bertz CT molecular complexity index is 1060. The van der Waals surface area contributed by atoms with Crippen LogP contribution in [-0.4, -0.2) is 55.0 Å². The van der Waals surface area contributed by atoms with E-state index in [2.05, 4.69) is 17.1 Å². The van der Waals surface area contributed by atoms with Crippen LogP contribution in [0.5, 0.6) is 11.5 Å². The second kappa shape index (κ2) is 9.87. The van der Waals surface area contributed by atoms with E-state index in [0.717, 1.165) is 46.7 Å². The van der Waals surface area contributed by atoms with Crippen LogP contribution in [0.2, 0.25) is 0 Å². The molecule has 4 rings (SSSR count). The van der Waals surface area contributed by atoms with E-state index in [-0.39, 0.29) is 11.9 Å². The summed E-state index contributed by atoms with van der Waals surface area (Å²) >= 11 is 0. The Kier molecular flexibility index (Phi) is 6.75. The summed E-state index contributed by atoms with van der Waals surface area (Å²) in [6.07, 6.45) is 2.07. The van der Waals surface area contributed by atoms with Gasteiger partial charge in [-0.2, -0.15) is 5.10 Å². The van der Waals surface area contributed by atoms with Gasteiger partial charge in [-0.15, -0.1) is 0 Å². The molecule has 1 atom stereocenters. The number of hydrogen-bond donors (Lipinski definition) is 1. The maximum absolute atomic E-state index is 13.3. The number of benzene rings is 2. The summed E-state index contributed by atoms with van der Waals surface area (Å²) < 4.78 is 16.5. The molecule has 2 heterocycles. The number of carbonyl (C=O) groups is 1. The predicted molar refractivity (Wildman–Crippen MR) is 122 cm³/mol. The van der Waals surface area contributed by atoms with E-state index in [1.54, 1.807) is 14.2 Å². The molecular formula is C25H29N3O4. The van der Waals surface area contributed by atoms with Crippen molar-refractivity contribution >= 4 is 5.91 Å². The molecule has 0 saturated carbocycles. The minimum Gasteiger partial charge on any atom is -0.497 e. The molecule has 0 fully saturated rings. The Morgan fingerprint density at radius 3 is 2.59 bits per heavy atom. The average Bonchev–Trinajstić information content (AvgIpc) is 3.37. The Morgan fingerprint density at radius 2 is 1.88 bits per heavy atom. The van der Waals surface area contributed by atoms with Gasteiger partial charge in [-0.3, -0.25) is 9.89 Å². The smallest absolute Gasteiger partial charge is 0.273 e. The SMILES string of the molecule is CCCCOc1cccc(C2c3c(-c4ccc(OC)cc4)n[nH]c3C(=O)N2CCOC)c1. The van der Waals surface area contributed by atoms with Gasteiger partial charge in [0.15, 0.2) is 0 Å². The van der Waals surface area contributed by atoms with Crippen molar-refractivity contribution in [2.75, 3.05) is 34.0 Å². The van der Waals surface area contributed by atoms with Crippen LogP contribution in [-0.2, 0) is 4.74 Å². The molecule has 32 heavy (non-hydrogen) atoms. The molecule has 0 spiro atoms. The van der Waals surface area contributed by atoms with Gasteiger partial charge in [0, 0.05) is 24.8 Å². The van der Waals surface area contributed by atoms with Gasteiger partial charge in [0.2, 0.25) is 0 Å². The van der Waals surface area contributed by atoms with Gasteiger partial charge in [0.05, 0.1) is 32.1 Å². The fraction of sp³-hybridized carbons (Fsp3) is 0.360. The Balaban J connectivity index is 1.75. The first-order valence-electron chi connectivity index (χ1n) is 10.9. The summed E-state index contributed by atoms with van der Waals surface area (Å²) in [5, 5.41) is 7.49. The third-order valence-corrected chi connectivity index (χ3v) is 5.70. The zero-order valence-corrected chi connectivity index (χ0v) is 18.8. The molecule has 1 N–H and O–H groups in total. The molecule has 7 nitrogen and oxygen atoms in total. The minimum atomic E-state index is -0.279. The van der Waals surface area contributed by atoms with E-state index in [4.69, 9.17) is 14.2 Å². The summed E-state index contributed by atoms with van der Waals surface area (Å²) in [6.45, 7) is 3.74. The normalized spacial score (nSPS) is 15.2. The summed E-state index contributed by atoms with van der Waals surface area (Å²) in [4.78, 5) is 15.1. The van der Waals surface area contributed by atoms with Crippen molar-refractivity contribution in [3.8, 4) is 22.8 Å². The zero-order valence-electron chi connectivity index (χ0n) is 18.8. The minimum absolute atomic E-state index is 0.0772. The number of rotatable bonds is 10. The lowest BCUT2D eigenvalue weighted by Gasteiger charge is -2.26. The van der Waals surface area contributed by atoms with E-state index in [1.807, 2.05) is 53.4 Å². The van der Waals surface area contributed by atoms with Crippen LogP contribution < -0.4 is 9.47 Å². The number of methoxy groups -OCH3 is 2. The number of H-pyrrole nitrogens is 1. The second-order valence-electron chi connectivity index (χ2n) is 7.76. The highest BCUT2D eigenvalue weighted by Gasteiger charge is 2.42. The molecule has 0 radical (unpaired) electrons. The van der Waals surface area contributed by atoms with Gasteiger partial charge in [-0.05, 0) is 48.4 Å². The molecule has 2 aromatic carbocycles. The number of nitrogens with one attached hydrogen (secondary N) is 1. The van der Waals surface area contributed by atoms with E-state index >= 15 is 0 Å². The van der Waals surface area contributed by atoms with Crippen LogP contribution in [0.3, 0.4) is 0 Å². The Morgan fingerprint density at radius 1 is 1.06 bits per heavy atom. The third kappa shape index (κ3) is 4.21. The van der Waals surface area contributed by atoms with E-state index in [0.29, 0.717) is 25.5 Å². The van der Waals surface area contributed by atoms with Crippen molar-refractivity contribution in [2.24, 2.45) is 0 Å². The summed E-state index contributed by atoms with van der Waals surface area (Å²) in [5.74, 6) is 1.50. The van der Waals surface area contributed by atoms with E-state index in [9.17, 15) is 4.79 Å². The first-order chi connectivity index (χ1) is 15.7. The van der Waals surface area contributed by atoms with E-state index in [1.165, 1.54) is 0 Å². The van der Waals surface area contributed by atoms with Crippen molar-refractivity contribution in [1.29, 1.82) is 0 Å². The van der Waals surface area contributed by atoms with Crippen LogP contribution in [0.25, 0.3) is 11.3 Å². The number of hydrogen-bond acceptors (Lipinski definition) is 5. The fourth-order valence-corrected chi connectivity index (χ4v) is 4.04. The lowest BCUT2D eigenvalue weighted by molar-refractivity contribution is 0.0677. The number of aromatic amines is 1. The summed E-state index contributed by atoms with van der Waals surface area (Å²) in [7, 11) is 3.28. The monoisotopic (exact) mass is 435 g/mol. The van der Waals surface area contributed by atoms with Crippen molar-refractivity contribution in [2.45, 2.75) is 25.8 Å². The summed E-state index contributed by atoms with van der Waals surface area (Å²) in [6, 6.07) is 15.4. The predicted octanol–water partition coefficient (Wildman–Crippen LogP) is 4.46. The van der Waals surface area contributed by atoms with Crippen molar-refractivity contribution in [3.63, 3.8) is 0 Å². The van der Waals surface area contributed by atoms with Gasteiger partial charge < -0.3 is 19.1 Å². The molecule has 1 unspecified atom stereocenters. The summed E-state index contributed by atoms with van der Waals surface area (Å²) in [5.41, 5.74) is 4.07. The molecule has 1 aliphatic heterocycles. The zero-order chi connectivity index (χ0) is 22.5. The van der Waals surface area contributed by atoms with Gasteiger partial charge in [0.1, 0.15) is 17.2 Å². The highest BCUT2D eigenvalue weighted by molar-refractivity contribution is 6.00. The van der Waals surface area contributed by atoms with Crippen LogP contribution >= 0.6 is 0 Å². The molecule has 7 heteroatoms. The fourth-order valence-electron chi connectivity index (χ4n) is 4.04. The van der Waals surface area contributed by atoms with Gasteiger partial charge >= 0.3 is 0 Å². The van der Waals surface area contributed by atoms with Crippen LogP contribution in [0.4, 0.5) is 0 Å². The topological polar surface area (TPSA) is 76.7 Å². The molecule has 0 bridgehead atoms. The number of ether oxygens (including phenoxy) is 3. The number of nitrogens with zero attached hydrogens (tertiary/aromatic N) is 2. The number of carbonyl (C=O) groups excluding carboxylic acids is 1. The average molecular weight is 436 g/mol. The van der Waals surface area contributed by atoms with Gasteiger partial charge in [-0.25, -0.2) is 0 Å². The molecule has 0 saturated heterocycles. The highest BCUT2D eigenvalue weighted by atomic mass is 16.5. The number of aromatic nitrogens is 2. The quantitative estimate of drug-likeness (QED) is 0.476. The molecule has 168 valence electrons. The van der Waals surface area contributed by atoms with Crippen molar-refractivity contribution in [3.05, 3.63) is 65.4 Å². The van der Waals surface area contributed by atoms with Crippen LogP contribution in [0, 0.1) is 0 Å². The number of amides is 1. The molecular weight excluding hydrogens is 406 g/mol. The second-order valence-corrected chi connectivity index (χ2v) is 7.76. The van der Waals surface area contributed by atoms with Crippen LogP contribution in [0.1, 0.15) is 47.4 Å². The number of unbranched alkanes of at least 4 members (excludes halogenated alkanes) is 1. The Labute approximate surface area is 188 Å². The maximum Gasteiger partial charge on any atom is 0.273 e. The van der Waals surface area contributed by atoms with Gasteiger partial charge in [-0.1, -0.05) is 25.5 Å². The van der Waals surface area contributed by atoms with E-state index < -0.39 is 0 Å². The third-order valence-electron chi connectivity index (χ3n) is 5.70.